The number of nitrogens with zero attached hydrogens (tertiary/aromatic N) is 4. The van der Waals surface area contributed by atoms with Gasteiger partial charge >= 0.3 is 5.97 Å². The number of nitriles is 1. The Morgan fingerprint density at radius 1 is 1.25 bits per heavy atom. The molecule has 142 valence electrons. The van der Waals surface area contributed by atoms with Gasteiger partial charge in [-0.05, 0) is 30.9 Å². The summed E-state index contributed by atoms with van der Waals surface area (Å²) in [6.45, 7) is 1.76. The number of carboxylic acids is 1. The molecule has 2 aromatic heterocycles. The Balaban J connectivity index is 1.92. The van der Waals surface area contributed by atoms with Gasteiger partial charge < -0.3 is 10.0 Å². The minimum atomic E-state index is -1.09. The fourth-order valence-electron chi connectivity index (χ4n) is 3.56. The number of hydrogen-bond acceptors (Lipinski definition) is 6. The zero-order valence-corrected chi connectivity index (χ0v) is 15.9. The van der Waals surface area contributed by atoms with Crippen molar-refractivity contribution in [3.8, 4) is 6.07 Å². The fraction of sp³-hybridized carbons (Fsp3) is 0.300. The van der Waals surface area contributed by atoms with Crippen molar-refractivity contribution in [3.05, 3.63) is 56.7 Å². The Morgan fingerprint density at radius 3 is 2.71 bits per heavy atom. The highest BCUT2D eigenvalue weighted by Crippen LogP contribution is 2.26. The van der Waals surface area contributed by atoms with E-state index in [-0.39, 0.29) is 23.2 Å². The van der Waals surface area contributed by atoms with Crippen molar-refractivity contribution in [2.75, 3.05) is 18.0 Å². The van der Waals surface area contributed by atoms with E-state index in [9.17, 15) is 20.0 Å². The molecule has 1 fully saturated rings. The molecule has 0 atom stereocenters. The largest absolute Gasteiger partial charge is 0.478 e. The highest BCUT2D eigenvalue weighted by atomic mass is 32.1. The van der Waals surface area contributed by atoms with Crippen LogP contribution in [0, 0.1) is 11.3 Å². The minimum absolute atomic E-state index is 0.0555. The predicted octanol–water partition coefficient (Wildman–Crippen LogP) is 3.07. The predicted molar refractivity (Wildman–Crippen MR) is 107 cm³/mol. The molecule has 28 heavy (non-hydrogen) atoms. The summed E-state index contributed by atoms with van der Waals surface area (Å²) < 4.78 is 1.90. The second-order valence-corrected chi connectivity index (χ2v) is 7.63. The summed E-state index contributed by atoms with van der Waals surface area (Å²) in [7, 11) is 0. The molecule has 3 aromatic rings. The number of carboxylic acid groups (broad SMARTS) is 1. The van der Waals surface area contributed by atoms with Crippen LogP contribution in [-0.4, -0.2) is 33.7 Å². The van der Waals surface area contributed by atoms with E-state index in [2.05, 4.69) is 11.1 Å². The van der Waals surface area contributed by atoms with E-state index < -0.39 is 5.97 Å². The quantitative estimate of drug-likeness (QED) is 0.730. The highest BCUT2D eigenvalue weighted by molar-refractivity contribution is 7.17. The molecule has 7 nitrogen and oxygen atoms in total. The summed E-state index contributed by atoms with van der Waals surface area (Å²) in [5, 5.41) is 20.3. The highest BCUT2D eigenvalue weighted by Gasteiger charge is 2.23. The summed E-state index contributed by atoms with van der Waals surface area (Å²) in [5.74, 6) is -0.610. The second-order valence-electron chi connectivity index (χ2n) is 6.75. The lowest BCUT2D eigenvalue weighted by molar-refractivity contribution is 0.0699. The number of thiophene rings is 1. The molecule has 1 saturated heterocycles. The molecule has 0 aliphatic carbocycles. The third-order valence-corrected chi connectivity index (χ3v) is 5.95. The third kappa shape index (κ3) is 3.14. The number of hydrogen-bond donors (Lipinski definition) is 1. The number of benzene rings is 1. The average molecular weight is 394 g/mol. The number of rotatable bonds is 4. The molecule has 1 aliphatic heterocycles. The Morgan fingerprint density at radius 2 is 2.00 bits per heavy atom. The molecule has 0 unspecified atom stereocenters. The van der Waals surface area contributed by atoms with Crippen LogP contribution in [0.4, 0.5) is 5.95 Å². The van der Waals surface area contributed by atoms with Gasteiger partial charge in [-0.15, -0.1) is 11.3 Å². The maximum absolute atomic E-state index is 13.3. The van der Waals surface area contributed by atoms with Gasteiger partial charge in [-0.1, -0.05) is 18.2 Å². The average Bonchev–Trinajstić information content (AvgIpc) is 3.15. The van der Waals surface area contributed by atoms with Gasteiger partial charge in [-0.2, -0.15) is 5.26 Å². The maximum Gasteiger partial charge on any atom is 0.338 e. The zero-order chi connectivity index (χ0) is 19.7. The Hall–Kier alpha value is -3.18. The molecular formula is C20H18N4O3S. The van der Waals surface area contributed by atoms with E-state index in [1.54, 1.807) is 16.7 Å². The van der Waals surface area contributed by atoms with Gasteiger partial charge in [0.05, 0.1) is 23.7 Å². The van der Waals surface area contributed by atoms with Crippen molar-refractivity contribution in [3.63, 3.8) is 0 Å². The molecule has 4 rings (SSSR count). The first-order valence-electron chi connectivity index (χ1n) is 9.08. The molecule has 1 aromatic carbocycles. The first-order chi connectivity index (χ1) is 13.6. The molecule has 0 spiro atoms. The molecular weight excluding hydrogens is 376 g/mol. The topological polar surface area (TPSA) is 99.2 Å². The summed E-state index contributed by atoms with van der Waals surface area (Å²) in [4.78, 5) is 31.5. The van der Waals surface area contributed by atoms with Crippen molar-refractivity contribution in [1.29, 1.82) is 5.26 Å². The molecule has 0 saturated carbocycles. The van der Waals surface area contributed by atoms with E-state index in [4.69, 9.17) is 0 Å². The Labute approximate surface area is 165 Å². The minimum Gasteiger partial charge on any atom is -0.478 e. The number of anilines is 1. The molecule has 3 heterocycles. The lowest BCUT2D eigenvalue weighted by Gasteiger charge is -2.29. The van der Waals surface area contributed by atoms with E-state index >= 15 is 0 Å². The summed E-state index contributed by atoms with van der Waals surface area (Å²) in [6.07, 6.45) is 3.12. The number of fused-ring (bicyclic) bond motifs is 1. The molecule has 0 amide bonds. The van der Waals surface area contributed by atoms with E-state index in [0.717, 1.165) is 49.3 Å². The zero-order valence-electron chi connectivity index (χ0n) is 15.1. The molecule has 8 heteroatoms. The summed E-state index contributed by atoms with van der Waals surface area (Å²) in [6, 6.07) is 9.34. The second kappa shape index (κ2) is 7.44. The van der Waals surface area contributed by atoms with Gasteiger partial charge in [0.2, 0.25) is 5.95 Å². The Bertz CT molecular complexity index is 1150. The van der Waals surface area contributed by atoms with Gasteiger partial charge in [0.25, 0.3) is 5.56 Å². The Kier molecular flexibility index (Phi) is 4.84. The first kappa shape index (κ1) is 18.2. The lowest BCUT2D eigenvalue weighted by Crippen LogP contribution is -2.36. The van der Waals surface area contributed by atoms with Crippen molar-refractivity contribution in [1.82, 2.24) is 9.55 Å². The maximum atomic E-state index is 13.3. The number of piperidine rings is 1. The monoisotopic (exact) mass is 394 g/mol. The SMILES string of the molecule is N#Cc1ccccc1Cn1c(N2CCCCC2)nc2c(C(=O)O)csc2c1=O. The molecule has 1 aliphatic rings. The molecule has 0 radical (unpaired) electrons. The van der Waals surface area contributed by atoms with Gasteiger partial charge in [-0.3, -0.25) is 9.36 Å². The van der Waals surface area contributed by atoms with Crippen LogP contribution in [0.5, 0.6) is 0 Å². The standard InChI is InChI=1S/C20H18N4O3S/c21-10-13-6-2-3-7-14(13)11-24-18(25)17-16(15(12-28-17)19(26)27)22-20(24)23-8-4-1-5-9-23/h2-3,6-7,12H,1,4-5,8-9,11H2,(H,26,27). The van der Waals surface area contributed by atoms with Crippen LogP contribution in [0.3, 0.4) is 0 Å². The van der Waals surface area contributed by atoms with Crippen LogP contribution in [0.2, 0.25) is 0 Å². The van der Waals surface area contributed by atoms with Gasteiger partial charge in [-0.25, -0.2) is 9.78 Å². The fourth-order valence-corrected chi connectivity index (χ4v) is 4.48. The van der Waals surface area contributed by atoms with Crippen LogP contribution >= 0.6 is 11.3 Å². The van der Waals surface area contributed by atoms with Crippen LogP contribution < -0.4 is 10.5 Å². The van der Waals surface area contributed by atoms with Crippen molar-refractivity contribution in [2.24, 2.45) is 0 Å². The van der Waals surface area contributed by atoms with Crippen molar-refractivity contribution >= 4 is 33.5 Å². The van der Waals surface area contributed by atoms with E-state index in [1.165, 1.54) is 5.38 Å². The smallest absolute Gasteiger partial charge is 0.338 e. The van der Waals surface area contributed by atoms with Crippen LogP contribution in [0.15, 0.2) is 34.4 Å². The molecule has 1 N–H and O–H groups in total. The van der Waals surface area contributed by atoms with E-state index in [0.29, 0.717) is 16.2 Å². The number of aromatic carboxylic acids is 1. The van der Waals surface area contributed by atoms with Gasteiger partial charge in [0.1, 0.15) is 10.2 Å². The van der Waals surface area contributed by atoms with Crippen LogP contribution in [0.25, 0.3) is 10.2 Å². The molecule has 0 bridgehead atoms. The van der Waals surface area contributed by atoms with E-state index in [1.807, 2.05) is 17.0 Å². The summed E-state index contributed by atoms with van der Waals surface area (Å²) in [5.41, 5.74) is 1.28. The van der Waals surface area contributed by atoms with Crippen LogP contribution in [-0.2, 0) is 6.54 Å². The number of aromatic nitrogens is 2. The lowest BCUT2D eigenvalue weighted by atomic mass is 10.1. The summed E-state index contributed by atoms with van der Waals surface area (Å²) >= 11 is 1.10. The van der Waals surface area contributed by atoms with Gasteiger partial charge in [0.15, 0.2) is 0 Å². The third-order valence-electron chi connectivity index (χ3n) is 4.99. The normalized spacial score (nSPS) is 14.2. The van der Waals surface area contributed by atoms with Crippen LogP contribution in [0.1, 0.15) is 40.7 Å². The van der Waals surface area contributed by atoms with Gasteiger partial charge in [0, 0.05) is 18.5 Å². The van der Waals surface area contributed by atoms with Crippen molar-refractivity contribution in [2.45, 2.75) is 25.8 Å². The first-order valence-corrected chi connectivity index (χ1v) is 9.96. The van der Waals surface area contributed by atoms with Crippen molar-refractivity contribution < 1.29 is 9.90 Å². The number of carbonyl (C=O) groups is 1.